The normalized spacial score (nSPS) is 27.2. The third kappa shape index (κ3) is 2.45. The number of hydrogen-bond donors (Lipinski definition) is 1. The molecule has 0 amide bonds. The van der Waals surface area contributed by atoms with E-state index >= 15 is 0 Å². The summed E-state index contributed by atoms with van der Waals surface area (Å²) in [5.41, 5.74) is 0. The molecule has 0 spiro atoms. The fourth-order valence-corrected chi connectivity index (χ4v) is 1.75. The number of ether oxygens (including phenoxy) is 1. The number of aromatic nitrogens is 1. The van der Waals surface area contributed by atoms with Gasteiger partial charge in [-0.1, -0.05) is 6.07 Å². The Morgan fingerprint density at radius 3 is 2.64 bits per heavy atom. The highest BCUT2D eigenvalue weighted by Gasteiger charge is 2.20. The largest absolute Gasteiger partial charge is 0.474 e. The molecule has 0 saturated heterocycles. The number of aliphatic hydroxyl groups excluding tert-OH is 1. The molecule has 0 aliphatic heterocycles. The Kier molecular flexibility index (Phi) is 2.99. The Hall–Kier alpha value is -1.09. The van der Waals surface area contributed by atoms with Crippen LogP contribution in [0.5, 0.6) is 5.88 Å². The van der Waals surface area contributed by atoms with Crippen LogP contribution >= 0.6 is 0 Å². The molecule has 0 unspecified atom stereocenters. The fraction of sp³-hybridized carbons (Fsp3) is 0.545. The van der Waals surface area contributed by atoms with E-state index in [1.807, 2.05) is 18.2 Å². The zero-order valence-electron chi connectivity index (χ0n) is 8.10. The second kappa shape index (κ2) is 4.42. The van der Waals surface area contributed by atoms with Gasteiger partial charge in [0.05, 0.1) is 6.10 Å². The van der Waals surface area contributed by atoms with E-state index in [-0.39, 0.29) is 12.2 Å². The lowest BCUT2D eigenvalue weighted by Gasteiger charge is -2.25. The van der Waals surface area contributed by atoms with Crippen LogP contribution in [0.2, 0.25) is 0 Å². The van der Waals surface area contributed by atoms with Crippen molar-refractivity contribution in [3.63, 3.8) is 0 Å². The summed E-state index contributed by atoms with van der Waals surface area (Å²) in [6.07, 6.45) is 5.38. The third-order valence-electron chi connectivity index (χ3n) is 2.57. The van der Waals surface area contributed by atoms with Gasteiger partial charge in [-0.3, -0.25) is 0 Å². The van der Waals surface area contributed by atoms with E-state index in [1.165, 1.54) is 0 Å². The molecule has 0 bridgehead atoms. The van der Waals surface area contributed by atoms with Crippen LogP contribution in [0.15, 0.2) is 24.4 Å². The molecule has 3 nitrogen and oxygen atoms in total. The number of rotatable bonds is 2. The first-order valence-corrected chi connectivity index (χ1v) is 5.10. The first-order valence-electron chi connectivity index (χ1n) is 5.10. The van der Waals surface area contributed by atoms with E-state index < -0.39 is 0 Å². The van der Waals surface area contributed by atoms with E-state index in [0.717, 1.165) is 25.7 Å². The monoisotopic (exact) mass is 193 g/mol. The Balaban J connectivity index is 1.87. The number of hydrogen-bond acceptors (Lipinski definition) is 3. The summed E-state index contributed by atoms with van der Waals surface area (Å²) < 4.78 is 5.68. The lowest BCUT2D eigenvalue weighted by Crippen LogP contribution is -2.26. The average Bonchev–Trinajstić information content (AvgIpc) is 2.23. The van der Waals surface area contributed by atoms with Crippen molar-refractivity contribution in [2.75, 3.05) is 0 Å². The summed E-state index contributed by atoms with van der Waals surface area (Å²) in [5, 5.41) is 9.32. The van der Waals surface area contributed by atoms with E-state index in [4.69, 9.17) is 4.74 Å². The zero-order chi connectivity index (χ0) is 9.80. The van der Waals surface area contributed by atoms with Crippen molar-refractivity contribution in [1.82, 2.24) is 4.98 Å². The predicted molar refractivity (Wildman–Crippen MR) is 53.1 cm³/mol. The molecule has 1 aliphatic carbocycles. The van der Waals surface area contributed by atoms with Gasteiger partial charge in [0.1, 0.15) is 6.10 Å². The van der Waals surface area contributed by atoms with Crippen LogP contribution in [0.25, 0.3) is 0 Å². The number of nitrogens with zero attached hydrogens (tertiary/aromatic N) is 1. The van der Waals surface area contributed by atoms with Crippen LogP contribution in [-0.4, -0.2) is 22.3 Å². The fourth-order valence-electron chi connectivity index (χ4n) is 1.75. The van der Waals surface area contributed by atoms with Crippen LogP contribution in [0, 0.1) is 0 Å². The summed E-state index contributed by atoms with van der Waals surface area (Å²) in [5.74, 6) is 0.689. The Bertz CT molecular complexity index is 268. The quantitative estimate of drug-likeness (QED) is 0.778. The first kappa shape index (κ1) is 9.46. The number of pyridine rings is 1. The first-order chi connectivity index (χ1) is 6.84. The average molecular weight is 193 g/mol. The molecule has 0 radical (unpaired) electrons. The molecule has 0 aromatic carbocycles. The molecule has 1 aromatic heterocycles. The molecule has 3 heteroatoms. The second-order valence-electron chi connectivity index (χ2n) is 3.72. The third-order valence-corrected chi connectivity index (χ3v) is 2.57. The smallest absolute Gasteiger partial charge is 0.213 e. The molecule has 1 N–H and O–H groups in total. The van der Waals surface area contributed by atoms with Crippen LogP contribution in [0.1, 0.15) is 25.7 Å². The van der Waals surface area contributed by atoms with Gasteiger partial charge in [0.25, 0.3) is 0 Å². The van der Waals surface area contributed by atoms with Gasteiger partial charge in [0, 0.05) is 12.3 Å². The summed E-state index contributed by atoms with van der Waals surface area (Å²) in [6.45, 7) is 0. The highest BCUT2D eigenvalue weighted by molar-refractivity contribution is 5.09. The summed E-state index contributed by atoms with van der Waals surface area (Å²) in [6, 6.07) is 5.66. The molecular formula is C11H15NO2. The van der Waals surface area contributed by atoms with Crippen molar-refractivity contribution in [2.45, 2.75) is 37.9 Å². The lowest BCUT2D eigenvalue weighted by atomic mass is 9.95. The molecular weight excluding hydrogens is 178 g/mol. The van der Waals surface area contributed by atoms with E-state index in [1.54, 1.807) is 6.20 Å². The van der Waals surface area contributed by atoms with E-state index in [9.17, 15) is 5.11 Å². The molecule has 0 atom stereocenters. The van der Waals surface area contributed by atoms with Gasteiger partial charge in [0.15, 0.2) is 0 Å². The minimum Gasteiger partial charge on any atom is -0.474 e. The summed E-state index contributed by atoms with van der Waals surface area (Å²) in [4.78, 5) is 4.11. The second-order valence-corrected chi connectivity index (χ2v) is 3.72. The van der Waals surface area contributed by atoms with Gasteiger partial charge < -0.3 is 9.84 Å². The highest BCUT2D eigenvalue weighted by Crippen LogP contribution is 2.22. The van der Waals surface area contributed by atoms with Gasteiger partial charge in [-0.05, 0) is 31.7 Å². The molecule has 1 aromatic rings. The van der Waals surface area contributed by atoms with Crippen LogP contribution < -0.4 is 4.74 Å². The predicted octanol–water partition coefficient (Wildman–Crippen LogP) is 1.76. The molecule has 1 saturated carbocycles. The standard InChI is InChI=1S/C11H15NO2/c13-9-4-6-10(7-5-9)14-11-3-1-2-8-12-11/h1-3,8-10,13H,4-7H2. The topological polar surface area (TPSA) is 42.4 Å². The van der Waals surface area contributed by atoms with Crippen molar-refractivity contribution in [2.24, 2.45) is 0 Å². The van der Waals surface area contributed by atoms with Crippen molar-refractivity contribution >= 4 is 0 Å². The van der Waals surface area contributed by atoms with Gasteiger partial charge in [-0.15, -0.1) is 0 Å². The maximum atomic E-state index is 9.32. The van der Waals surface area contributed by atoms with Gasteiger partial charge in [0.2, 0.25) is 5.88 Å². The van der Waals surface area contributed by atoms with Crippen molar-refractivity contribution < 1.29 is 9.84 Å². The number of aliphatic hydroxyl groups is 1. The van der Waals surface area contributed by atoms with Crippen molar-refractivity contribution in [3.05, 3.63) is 24.4 Å². The van der Waals surface area contributed by atoms with Gasteiger partial charge >= 0.3 is 0 Å². The minimum atomic E-state index is -0.126. The molecule has 1 fully saturated rings. The summed E-state index contributed by atoms with van der Waals surface area (Å²) in [7, 11) is 0. The van der Waals surface area contributed by atoms with E-state index in [2.05, 4.69) is 4.98 Å². The highest BCUT2D eigenvalue weighted by atomic mass is 16.5. The molecule has 1 heterocycles. The molecule has 76 valence electrons. The SMILES string of the molecule is OC1CCC(Oc2ccccn2)CC1. The molecule has 14 heavy (non-hydrogen) atoms. The van der Waals surface area contributed by atoms with Crippen LogP contribution in [0.4, 0.5) is 0 Å². The van der Waals surface area contributed by atoms with E-state index in [0.29, 0.717) is 5.88 Å². The van der Waals surface area contributed by atoms with Crippen LogP contribution in [-0.2, 0) is 0 Å². The maximum Gasteiger partial charge on any atom is 0.213 e. The molecule has 2 rings (SSSR count). The Morgan fingerprint density at radius 2 is 2.00 bits per heavy atom. The summed E-state index contributed by atoms with van der Waals surface area (Å²) >= 11 is 0. The van der Waals surface area contributed by atoms with Crippen LogP contribution in [0.3, 0.4) is 0 Å². The Morgan fingerprint density at radius 1 is 1.21 bits per heavy atom. The minimum absolute atomic E-state index is 0.126. The maximum absolute atomic E-state index is 9.32. The van der Waals surface area contributed by atoms with Gasteiger partial charge in [-0.2, -0.15) is 0 Å². The van der Waals surface area contributed by atoms with Crippen molar-refractivity contribution in [3.8, 4) is 5.88 Å². The lowest BCUT2D eigenvalue weighted by molar-refractivity contribution is 0.0643. The Labute approximate surface area is 83.7 Å². The van der Waals surface area contributed by atoms with Gasteiger partial charge in [-0.25, -0.2) is 4.98 Å². The zero-order valence-corrected chi connectivity index (χ0v) is 8.10. The molecule has 1 aliphatic rings. The van der Waals surface area contributed by atoms with Crippen molar-refractivity contribution in [1.29, 1.82) is 0 Å².